The summed E-state index contributed by atoms with van der Waals surface area (Å²) in [5.74, 6) is -2.69. The Kier molecular flexibility index (Phi) is 5.07. The topological polar surface area (TPSA) is 171 Å². The first-order chi connectivity index (χ1) is 10.8. The molecule has 0 spiro atoms. The zero-order chi connectivity index (χ0) is 17.2. The zero-order valence-corrected chi connectivity index (χ0v) is 12.5. The van der Waals surface area contributed by atoms with Crippen LogP contribution in [0.15, 0.2) is 12.5 Å². The van der Waals surface area contributed by atoms with Crippen LogP contribution in [0.4, 0.5) is 0 Å². The van der Waals surface area contributed by atoms with Crippen LogP contribution in [0, 0.1) is 11.8 Å². The molecule has 23 heavy (non-hydrogen) atoms. The van der Waals surface area contributed by atoms with E-state index in [4.69, 9.17) is 20.3 Å². The molecule has 0 aliphatic carbocycles. The number of aldehydes is 2. The summed E-state index contributed by atoms with van der Waals surface area (Å²) in [5, 5.41) is 0. The molecule has 2 unspecified atom stereocenters. The van der Waals surface area contributed by atoms with E-state index in [2.05, 4.69) is 9.51 Å². The summed E-state index contributed by atoms with van der Waals surface area (Å²) >= 11 is 0. The van der Waals surface area contributed by atoms with Gasteiger partial charge in [0.1, 0.15) is 24.5 Å². The Labute approximate surface area is 129 Å². The monoisotopic (exact) mass is 347 g/mol. The van der Waals surface area contributed by atoms with Gasteiger partial charge in [-0.05, 0) is 0 Å². The third-order valence-corrected chi connectivity index (χ3v) is 3.87. The average Bonchev–Trinajstić information content (AvgIpc) is 3.07. The van der Waals surface area contributed by atoms with Crippen LogP contribution >= 0.6 is 7.82 Å². The van der Waals surface area contributed by atoms with Gasteiger partial charge in [-0.2, -0.15) is 0 Å². The number of hydrogen-bond acceptors (Lipinski definition) is 7. The van der Waals surface area contributed by atoms with Crippen LogP contribution in [0.5, 0.6) is 0 Å². The van der Waals surface area contributed by atoms with Crippen molar-refractivity contribution in [2.24, 2.45) is 17.6 Å². The van der Waals surface area contributed by atoms with Crippen molar-refractivity contribution in [1.82, 2.24) is 9.55 Å². The average molecular weight is 347 g/mol. The summed E-state index contributed by atoms with van der Waals surface area (Å²) < 4.78 is 21.9. The molecule has 1 amide bonds. The van der Waals surface area contributed by atoms with Gasteiger partial charge in [-0.3, -0.25) is 9.32 Å². The summed E-state index contributed by atoms with van der Waals surface area (Å²) in [4.78, 5) is 54.7. The third-order valence-electron chi connectivity index (χ3n) is 3.39. The van der Waals surface area contributed by atoms with Gasteiger partial charge in [-0.15, -0.1) is 0 Å². The van der Waals surface area contributed by atoms with Gasteiger partial charge in [0, 0.05) is 6.20 Å². The number of imidazole rings is 1. The lowest BCUT2D eigenvalue weighted by Gasteiger charge is -2.16. The highest BCUT2D eigenvalue weighted by molar-refractivity contribution is 7.46. The Morgan fingerprint density at radius 1 is 1.43 bits per heavy atom. The minimum Gasteiger partial charge on any atom is -0.364 e. The van der Waals surface area contributed by atoms with E-state index < -0.39 is 44.5 Å². The smallest absolute Gasteiger partial charge is 0.364 e. The first kappa shape index (κ1) is 17.4. The highest BCUT2D eigenvalue weighted by Crippen LogP contribution is 2.41. The van der Waals surface area contributed by atoms with E-state index in [0.29, 0.717) is 12.6 Å². The Bertz CT molecular complexity index is 655. The Morgan fingerprint density at radius 3 is 2.57 bits per heavy atom. The lowest BCUT2D eigenvalue weighted by Crippen LogP contribution is -2.27. The van der Waals surface area contributed by atoms with Crippen molar-refractivity contribution < 1.29 is 38.0 Å². The maximum Gasteiger partial charge on any atom is 0.469 e. The standard InChI is InChI=1S/C11H14N3O8P/c12-10(17)8-1-14(5-13-8)11-7(3-16)6(2-15)9(22-11)4-21-23(18,19)20/h1-3,5-7,9,11H,4H2,(H2,12,17)(H2,18,19,20)/t6?,7?,9-,11-/m1/s1. The molecule has 1 aliphatic heterocycles. The van der Waals surface area contributed by atoms with E-state index in [0.717, 1.165) is 0 Å². The number of primary amides is 1. The Balaban J connectivity index is 2.22. The molecule has 0 bridgehead atoms. The molecule has 4 atom stereocenters. The molecule has 4 N–H and O–H groups in total. The molecule has 12 heteroatoms. The number of nitrogens with zero attached hydrogens (tertiary/aromatic N) is 2. The molecular formula is C11H14N3O8P. The molecule has 1 aromatic heterocycles. The molecule has 11 nitrogen and oxygen atoms in total. The number of aromatic nitrogens is 2. The van der Waals surface area contributed by atoms with Crippen molar-refractivity contribution in [1.29, 1.82) is 0 Å². The van der Waals surface area contributed by atoms with Gasteiger partial charge >= 0.3 is 7.82 Å². The number of carbonyl (C=O) groups excluding carboxylic acids is 3. The van der Waals surface area contributed by atoms with Crippen molar-refractivity contribution in [3.63, 3.8) is 0 Å². The number of ether oxygens (including phenoxy) is 1. The fraction of sp³-hybridized carbons (Fsp3) is 0.455. The first-order valence-corrected chi connectivity index (χ1v) is 7.89. The van der Waals surface area contributed by atoms with Crippen molar-refractivity contribution in [2.45, 2.75) is 12.3 Å². The Morgan fingerprint density at radius 2 is 2.09 bits per heavy atom. The second-order valence-corrected chi connectivity index (χ2v) is 6.09. The predicted octanol–water partition coefficient (Wildman–Crippen LogP) is -1.38. The zero-order valence-electron chi connectivity index (χ0n) is 11.6. The van der Waals surface area contributed by atoms with Crippen LogP contribution in [0.3, 0.4) is 0 Å². The van der Waals surface area contributed by atoms with Crippen LogP contribution in [0.25, 0.3) is 0 Å². The van der Waals surface area contributed by atoms with Crippen molar-refractivity contribution in [2.75, 3.05) is 6.61 Å². The number of carbonyl (C=O) groups is 3. The number of phosphoric ester groups is 1. The number of rotatable bonds is 7. The van der Waals surface area contributed by atoms with Gasteiger partial charge < -0.3 is 34.4 Å². The molecule has 0 aromatic carbocycles. The quantitative estimate of drug-likeness (QED) is 0.397. The molecule has 1 fully saturated rings. The summed E-state index contributed by atoms with van der Waals surface area (Å²) in [5.41, 5.74) is 5.02. The van der Waals surface area contributed by atoms with Crippen LogP contribution < -0.4 is 5.73 Å². The number of amides is 1. The van der Waals surface area contributed by atoms with E-state index in [1.165, 1.54) is 17.1 Å². The molecule has 2 rings (SSSR count). The number of phosphoric acid groups is 1. The van der Waals surface area contributed by atoms with Crippen molar-refractivity contribution >= 4 is 26.3 Å². The number of nitrogens with two attached hydrogens (primary N) is 1. The molecule has 0 radical (unpaired) electrons. The van der Waals surface area contributed by atoms with E-state index in [9.17, 15) is 18.9 Å². The number of hydrogen-bond donors (Lipinski definition) is 3. The second kappa shape index (κ2) is 6.69. The SMILES string of the molecule is NC(=O)c1cn([C@@H]2O[C@H](COP(=O)(O)O)C(C=O)C2C=O)cn1. The third kappa shape index (κ3) is 3.89. The second-order valence-electron chi connectivity index (χ2n) is 4.85. The molecule has 0 saturated carbocycles. The normalized spacial score (nSPS) is 27.7. The molecule has 1 aromatic rings. The molecule has 1 aliphatic rings. The molecular weight excluding hydrogens is 333 g/mol. The summed E-state index contributed by atoms with van der Waals surface area (Å²) in [6.07, 6.45) is 1.38. The van der Waals surface area contributed by atoms with Crippen LogP contribution in [0.1, 0.15) is 16.7 Å². The Hall–Kier alpha value is -1.91. The van der Waals surface area contributed by atoms with E-state index in [1.807, 2.05) is 0 Å². The lowest BCUT2D eigenvalue weighted by molar-refractivity contribution is -0.119. The predicted molar refractivity (Wildman–Crippen MR) is 71.8 cm³/mol. The van der Waals surface area contributed by atoms with Gasteiger partial charge in [-0.1, -0.05) is 0 Å². The molecule has 126 valence electrons. The van der Waals surface area contributed by atoms with Crippen molar-refractivity contribution in [3.8, 4) is 0 Å². The van der Waals surface area contributed by atoms with Gasteiger partial charge in [-0.25, -0.2) is 9.55 Å². The maximum atomic E-state index is 11.3. The minimum absolute atomic E-state index is 0.0594. The van der Waals surface area contributed by atoms with Crippen LogP contribution in [-0.2, 0) is 23.4 Å². The largest absolute Gasteiger partial charge is 0.469 e. The van der Waals surface area contributed by atoms with Gasteiger partial charge in [0.15, 0.2) is 0 Å². The summed E-state index contributed by atoms with van der Waals surface area (Å²) in [7, 11) is -4.75. The molecule has 1 saturated heterocycles. The highest BCUT2D eigenvalue weighted by Gasteiger charge is 2.46. The summed E-state index contributed by atoms with van der Waals surface area (Å²) in [6.45, 7) is -0.577. The lowest BCUT2D eigenvalue weighted by atomic mass is 9.92. The van der Waals surface area contributed by atoms with Crippen molar-refractivity contribution in [3.05, 3.63) is 18.2 Å². The fourth-order valence-electron chi connectivity index (χ4n) is 2.33. The van der Waals surface area contributed by atoms with Gasteiger partial charge in [0.05, 0.1) is 30.9 Å². The van der Waals surface area contributed by atoms with Crippen LogP contribution in [-0.4, -0.2) is 50.5 Å². The molecule has 2 heterocycles. The van der Waals surface area contributed by atoms with Crippen LogP contribution in [0.2, 0.25) is 0 Å². The van der Waals surface area contributed by atoms with E-state index >= 15 is 0 Å². The minimum atomic E-state index is -4.75. The van der Waals surface area contributed by atoms with Gasteiger partial charge in [0.2, 0.25) is 0 Å². The fourth-order valence-corrected chi connectivity index (χ4v) is 2.67. The van der Waals surface area contributed by atoms with Gasteiger partial charge in [0.25, 0.3) is 5.91 Å². The highest BCUT2D eigenvalue weighted by atomic mass is 31.2. The van der Waals surface area contributed by atoms with E-state index in [1.54, 1.807) is 0 Å². The first-order valence-electron chi connectivity index (χ1n) is 6.36. The summed E-state index contributed by atoms with van der Waals surface area (Å²) in [6, 6.07) is 0. The maximum absolute atomic E-state index is 11.3. The van der Waals surface area contributed by atoms with E-state index in [-0.39, 0.29) is 5.69 Å².